The van der Waals surface area contributed by atoms with E-state index >= 15 is 0 Å². The molecule has 1 heterocycles. The van der Waals surface area contributed by atoms with Gasteiger partial charge in [-0.3, -0.25) is 4.79 Å². The molecule has 0 spiro atoms. The molecule has 1 aromatic rings. The predicted octanol–water partition coefficient (Wildman–Crippen LogP) is 2.44. The molecular weight excluding hydrogens is 204 g/mol. The van der Waals surface area contributed by atoms with Crippen LogP contribution in [0.1, 0.15) is 47.7 Å². The number of aryl methyl sites for hydroxylation is 1. The number of carbonyl (C=O) groups is 2. The van der Waals surface area contributed by atoms with Crippen molar-refractivity contribution in [2.45, 2.75) is 32.6 Å². The van der Waals surface area contributed by atoms with E-state index in [9.17, 15) is 9.59 Å². The Morgan fingerprint density at radius 3 is 2.62 bits per heavy atom. The molecule has 84 valence electrons. The van der Waals surface area contributed by atoms with Gasteiger partial charge in [0, 0.05) is 0 Å². The monoisotopic (exact) mass is 218 g/mol. The van der Waals surface area contributed by atoms with E-state index in [4.69, 9.17) is 4.74 Å². The van der Waals surface area contributed by atoms with Gasteiger partial charge in [0.15, 0.2) is 0 Å². The first-order chi connectivity index (χ1) is 7.58. The summed E-state index contributed by atoms with van der Waals surface area (Å²) >= 11 is 0. The van der Waals surface area contributed by atoms with E-state index in [-0.39, 0.29) is 6.42 Å². The third kappa shape index (κ3) is 1.98. The summed E-state index contributed by atoms with van der Waals surface area (Å²) in [5.74, 6) is -0.593. The summed E-state index contributed by atoms with van der Waals surface area (Å²) in [4.78, 5) is 22.8. The number of esters is 2. The molecule has 0 atom stereocenters. The smallest absolute Gasteiger partial charge is 0.346 e. The van der Waals surface area contributed by atoms with Crippen LogP contribution in [0, 0.1) is 0 Å². The van der Waals surface area contributed by atoms with Crippen molar-refractivity contribution in [2.24, 2.45) is 0 Å². The van der Waals surface area contributed by atoms with Crippen molar-refractivity contribution >= 4 is 11.9 Å². The van der Waals surface area contributed by atoms with Crippen LogP contribution in [0.4, 0.5) is 0 Å². The van der Waals surface area contributed by atoms with E-state index in [1.807, 2.05) is 18.2 Å². The average Bonchev–Trinajstić information content (AvgIpc) is 2.38. The number of carbonyl (C=O) groups excluding carboxylic acids is 2. The molecule has 16 heavy (non-hydrogen) atoms. The Kier molecular flexibility index (Phi) is 2.77. The summed E-state index contributed by atoms with van der Waals surface area (Å²) in [6.45, 7) is 4.13. The third-order valence-electron chi connectivity index (χ3n) is 2.83. The molecule has 3 heteroatoms. The highest BCUT2D eigenvalue weighted by Crippen LogP contribution is 2.23. The fourth-order valence-corrected chi connectivity index (χ4v) is 1.81. The summed E-state index contributed by atoms with van der Waals surface area (Å²) in [6, 6.07) is 5.76. The number of hydrogen-bond acceptors (Lipinski definition) is 3. The van der Waals surface area contributed by atoms with Crippen LogP contribution in [0.5, 0.6) is 0 Å². The van der Waals surface area contributed by atoms with Crippen molar-refractivity contribution in [3.63, 3.8) is 0 Å². The molecule has 3 nitrogen and oxygen atoms in total. The van der Waals surface area contributed by atoms with Crippen LogP contribution in [0.3, 0.4) is 0 Å². The maximum absolute atomic E-state index is 11.6. The fourth-order valence-electron chi connectivity index (χ4n) is 1.81. The molecule has 2 rings (SSSR count). The molecule has 0 aliphatic carbocycles. The van der Waals surface area contributed by atoms with Crippen LogP contribution in [0.25, 0.3) is 0 Å². The second-order valence-electron chi connectivity index (χ2n) is 4.33. The minimum absolute atomic E-state index is 0.278. The summed E-state index contributed by atoms with van der Waals surface area (Å²) in [5.41, 5.74) is 2.53. The molecule has 0 aromatic heterocycles. The second kappa shape index (κ2) is 4.08. The number of fused-ring (bicyclic) bond motifs is 1. The van der Waals surface area contributed by atoms with Crippen LogP contribution >= 0.6 is 0 Å². The Morgan fingerprint density at radius 1 is 1.19 bits per heavy atom. The first-order valence-electron chi connectivity index (χ1n) is 5.46. The zero-order valence-corrected chi connectivity index (χ0v) is 9.45. The summed E-state index contributed by atoms with van der Waals surface area (Å²) in [5, 5.41) is 0. The van der Waals surface area contributed by atoms with Gasteiger partial charge >= 0.3 is 11.9 Å². The summed E-state index contributed by atoms with van der Waals surface area (Å²) in [7, 11) is 0. The standard InChI is InChI=1S/C13H14O3/c1-8(2)10-4-3-9-5-6-12(14)16-13(15)11(9)7-10/h3-4,7-8H,5-6H2,1-2H3. The summed E-state index contributed by atoms with van der Waals surface area (Å²) < 4.78 is 4.69. The Balaban J connectivity index is 2.45. The molecule has 1 aromatic carbocycles. The molecule has 0 unspecified atom stereocenters. The molecule has 1 aliphatic heterocycles. The largest absolute Gasteiger partial charge is 0.389 e. The van der Waals surface area contributed by atoms with E-state index < -0.39 is 11.9 Å². The first-order valence-corrected chi connectivity index (χ1v) is 5.46. The van der Waals surface area contributed by atoms with E-state index in [1.54, 1.807) is 0 Å². The predicted molar refractivity (Wildman–Crippen MR) is 59.3 cm³/mol. The van der Waals surface area contributed by atoms with Crippen molar-refractivity contribution < 1.29 is 14.3 Å². The Hall–Kier alpha value is -1.64. The fraction of sp³-hybridized carbons (Fsp3) is 0.385. The zero-order chi connectivity index (χ0) is 11.7. The van der Waals surface area contributed by atoms with Crippen molar-refractivity contribution in [1.82, 2.24) is 0 Å². The van der Waals surface area contributed by atoms with Crippen molar-refractivity contribution in [3.8, 4) is 0 Å². The van der Waals surface area contributed by atoms with Crippen LogP contribution in [0.2, 0.25) is 0 Å². The molecule has 0 saturated carbocycles. The minimum atomic E-state index is -0.514. The minimum Gasteiger partial charge on any atom is -0.389 e. The molecule has 0 N–H and O–H groups in total. The lowest BCUT2D eigenvalue weighted by Crippen LogP contribution is -2.09. The van der Waals surface area contributed by atoms with Crippen molar-refractivity contribution in [2.75, 3.05) is 0 Å². The second-order valence-corrected chi connectivity index (χ2v) is 4.33. The number of rotatable bonds is 1. The molecule has 0 radical (unpaired) electrons. The highest BCUT2D eigenvalue weighted by atomic mass is 16.6. The quantitative estimate of drug-likeness (QED) is 0.537. The van der Waals surface area contributed by atoms with Crippen LogP contribution in [-0.2, 0) is 16.0 Å². The Labute approximate surface area is 94.4 Å². The van der Waals surface area contributed by atoms with Gasteiger partial charge in [0.2, 0.25) is 0 Å². The lowest BCUT2D eigenvalue weighted by Gasteiger charge is -2.09. The Bertz CT molecular complexity index is 446. The third-order valence-corrected chi connectivity index (χ3v) is 2.83. The number of benzene rings is 1. The van der Waals surface area contributed by atoms with Crippen LogP contribution in [-0.4, -0.2) is 11.9 Å². The van der Waals surface area contributed by atoms with Gasteiger partial charge in [0.1, 0.15) is 0 Å². The summed E-state index contributed by atoms with van der Waals surface area (Å²) in [6.07, 6.45) is 0.859. The van der Waals surface area contributed by atoms with Gasteiger partial charge in [0.05, 0.1) is 12.0 Å². The van der Waals surface area contributed by atoms with Gasteiger partial charge in [0.25, 0.3) is 0 Å². The van der Waals surface area contributed by atoms with E-state index in [0.717, 1.165) is 11.1 Å². The van der Waals surface area contributed by atoms with Crippen LogP contribution in [0.15, 0.2) is 18.2 Å². The zero-order valence-electron chi connectivity index (χ0n) is 9.45. The maximum Gasteiger partial charge on any atom is 0.346 e. The molecule has 0 fully saturated rings. The van der Waals surface area contributed by atoms with Gasteiger partial charge in [-0.05, 0) is 29.5 Å². The van der Waals surface area contributed by atoms with Crippen molar-refractivity contribution in [3.05, 3.63) is 34.9 Å². The van der Waals surface area contributed by atoms with E-state index in [0.29, 0.717) is 17.9 Å². The van der Waals surface area contributed by atoms with Gasteiger partial charge in [-0.25, -0.2) is 4.79 Å². The molecular formula is C13H14O3. The van der Waals surface area contributed by atoms with E-state index in [1.165, 1.54) is 0 Å². The average molecular weight is 218 g/mol. The first kappa shape index (κ1) is 10.9. The van der Waals surface area contributed by atoms with Gasteiger partial charge in [-0.2, -0.15) is 0 Å². The number of ether oxygens (including phenoxy) is 1. The maximum atomic E-state index is 11.6. The molecule has 0 amide bonds. The van der Waals surface area contributed by atoms with E-state index in [2.05, 4.69) is 13.8 Å². The highest BCUT2D eigenvalue weighted by molar-refractivity contribution is 5.99. The van der Waals surface area contributed by atoms with Crippen molar-refractivity contribution in [1.29, 1.82) is 0 Å². The normalized spacial score (nSPS) is 15.7. The topological polar surface area (TPSA) is 43.4 Å². The van der Waals surface area contributed by atoms with Gasteiger partial charge in [-0.15, -0.1) is 0 Å². The van der Waals surface area contributed by atoms with Gasteiger partial charge in [-0.1, -0.05) is 26.0 Å². The lowest BCUT2D eigenvalue weighted by atomic mass is 9.96. The highest BCUT2D eigenvalue weighted by Gasteiger charge is 2.22. The lowest BCUT2D eigenvalue weighted by molar-refractivity contribution is -0.137. The molecule has 1 aliphatic rings. The molecule has 0 saturated heterocycles. The Morgan fingerprint density at radius 2 is 1.94 bits per heavy atom. The van der Waals surface area contributed by atoms with Crippen LogP contribution < -0.4 is 0 Å². The SMILES string of the molecule is CC(C)c1ccc2c(c1)C(=O)OC(=O)CC2. The molecule has 0 bridgehead atoms. The van der Waals surface area contributed by atoms with Gasteiger partial charge < -0.3 is 4.74 Å². The number of cyclic esters (lactones) is 2. The number of hydrogen-bond donors (Lipinski definition) is 0.